The van der Waals surface area contributed by atoms with Gasteiger partial charge in [-0.1, -0.05) is 269 Å². The first-order chi connectivity index (χ1) is 43.3. The SMILES string of the molecule is CC(C)(C)CCCCCC(=O)[O-].CC(C)(C)CCCCCC(=O)[O-].CC(C)(C)CCCCCC(=O)[O-].CC(C)(C)CCCCCC(=O)[O-].CC(C)(C)CCCCCC(=O)[O-].CC(C)(C)CCCCCC(=O)[O-].CC(C)(C)CCCCCC(=O)[O-].CC(C)(C)CCCCCC(=O)[O-].[Ti+4].[Ti+4]. The zero-order valence-electron chi connectivity index (χ0n) is 67.8. The van der Waals surface area contributed by atoms with Crippen LogP contribution in [0.1, 0.15) is 423 Å². The smallest absolute Gasteiger partial charge is 0.550 e. The van der Waals surface area contributed by atoms with Crippen molar-refractivity contribution in [2.75, 3.05) is 0 Å². The third kappa shape index (κ3) is 165. The van der Waals surface area contributed by atoms with Crippen LogP contribution in [0.15, 0.2) is 0 Å². The molecule has 0 rings (SSSR count). The van der Waals surface area contributed by atoms with E-state index < -0.39 is 47.8 Å². The molecule has 0 radical (unpaired) electrons. The minimum absolute atomic E-state index is 0. The van der Waals surface area contributed by atoms with Crippen molar-refractivity contribution in [3.05, 3.63) is 0 Å². The van der Waals surface area contributed by atoms with Crippen LogP contribution < -0.4 is 40.9 Å². The molecule has 0 saturated heterocycles. The number of rotatable bonds is 40. The van der Waals surface area contributed by atoms with Gasteiger partial charge in [0.15, 0.2) is 0 Å². The molecule has 98 heavy (non-hydrogen) atoms. The minimum Gasteiger partial charge on any atom is -0.550 e. The Morgan fingerprint density at radius 1 is 0.153 bits per heavy atom. The summed E-state index contributed by atoms with van der Waals surface area (Å²) >= 11 is 0. The molecule has 0 atom stereocenters. The molecule has 0 aliphatic rings. The van der Waals surface area contributed by atoms with E-state index in [1.807, 2.05) is 0 Å². The Labute approximate surface area is 632 Å². The maximum absolute atomic E-state index is 10.0. The van der Waals surface area contributed by atoms with E-state index in [4.69, 9.17) is 0 Å². The van der Waals surface area contributed by atoms with Crippen molar-refractivity contribution in [2.45, 2.75) is 423 Å². The Balaban J connectivity index is -0.000000113. The van der Waals surface area contributed by atoms with Gasteiger partial charge in [-0.25, -0.2) is 0 Å². The summed E-state index contributed by atoms with van der Waals surface area (Å²) in [6.07, 6.45) is 34.1. The molecule has 0 saturated carbocycles. The fourth-order valence-electron chi connectivity index (χ4n) is 8.81. The first-order valence-corrected chi connectivity index (χ1v) is 36.9. The van der Waals surface area contributed by atoms with Crippen LogP contribution in [0, 0.1) is 43.3 Å². The maximum atomic E-state index is 10.0. The van der Waals surface area contributed by atoms with Crippen molar-refractivity contribution < 1.29 is 123 Å². The Morgan fingerprint density at radius 3 is 0.276 bits per heavy atom. The number of carbonyl (C=O) groups excluding carboxylic acids is 8. The van der Waals surface area contributed by atoms with Crippen LogP contribution in [0.2, 0.25) is 0 Å². The van der Waals surface area contributed by atoms with Gasteiger partial charge in [-0.2, -0.15) is 0 Å². The van der Waals surface area contributed by atoms with Crippen LogP contribution in [0.5, 0.6) is 0 Å². The summed E-state index contributed by atoms with van der Waals surface area (Å²) in [6, 6.07) is 0. The maximum Gasteiger partial charge on any atom is 4.00 e. The summed E-state index contributed by atoms with van der Waals surface area (Å²) in [4.78, 5) is 80.4. The molecular formula is C80H152O16Ti2. The van der Waals surface area contributed by atoms with Gasteiger partial charge in [0.05, 0.1) is 0 Å². The molecule has 0 aromatic heterocycles. The number of hydrogen-bond donors (Lipinski definition) is 0. The van der Waals surface area contributed by atoms with Crippen molar-refractivity contribution in [1.82, 2.24) is 0 Å². The molecule has 0 amide bonds. The largest absolute Gasteiger partial charge is 4.00 e. The number of carbonyl (C=O) groups is 8. The second kappa shape index (κ2) is 68.6. The number of unbranched alkanes of at least 4 members (excludes halogenated alkanes) is 16. The number of carboxylic acids is 8. The third-order valence-corrected chi connectivity index (χ3v) is 14.5. The molecule has 0 aliphatic heterocycles. The van der Waals surface area contributed by atoms with Crippen LogP contribution in [0.4, 0.5) is 0 Å². The van der Waals surface area contributed by atoms with Crippen molar-refractivity contribution in [2.24, 2.45) is 43.3 Å². The number of carboxylic acid groups (broad SMARTS) is 8. The third-order valence-electron chi connectivity index (χ3n) is 14.5. The second-order valence-corrected chi connectivity index (χ2v) is 35.9. The number of aliphatic carboxylic acids is 8. The molecule has 0 N–H and O–H groups in total. The fourth-order valence-corrected chi connectivity index (χ4v) is 8.81. The van der Waals surface area contributed by atoms with Gasteiger partial charge in [-0.15, -0.1) is 0 Å². The van der Waals surface area contributed by atoms with E-state index in [0.29, 0.717) is 43.3 Å². The number of hydrogen-bond acceptors (Lipinski definition) is 16. The van der Waals surface area contributed by atoms with E-state index >= 15 is 0 Å². The van der Waals surface area contributed by atoms with Gasteiger partial charge in [0.25, 0.3) is 0 Å². The van der Waals surface area contributed by atoms with Crippen LogP contribution in [0.3, 0.4) is 0 Å². The van der Waals surface area contributed by atoms with Crippen LogP contribution in [0.25, 0.3) is 0 Å². The van der Waals surface area contributed by atoms with Gasteiger partial charge in [0, 0.05) is 47.8 Å². The molecular weight excluding hydrogens is 1310 g/mol. The molecule has 0 heterocycles. The predicted molar refractivity (Wildman–Crippen MR) is 380 cm³/mol. The van der Waals surface area contributed by atoms with Gasteiger partial charge in [-0.3, -0.25) is 0 Å². The van der Waals surface area contributed by atoms with Gasteiger partial charge < -0.3 is 79.2 Å². The summed E-state index contributed by atoms with van der Waals surface area (Å²) < 4.78 is 0. The summed E-state index contributed by atoms with van der Waals surface area (Å²) in [7, 11) is 0. The molecule has 16 nitrogen and oxygen atoms in total. The Morgan fingerprint density at radius 2 is 0.224 bits per heavy atom. The van der Waals surface area contributed by atoms with E-state index in [-0.39, 0.29) is 94.8 Å². The molecule has 576 valence electrons. The van der Waals surface area contributed by atoms with Crippen LogP contribution in [-0.2, 0) is 81.8 Å². The zero-order valence-corrected chi connectivity index (χ0v) is 70.9. The van der Waals surface area contributed by atoms with Crippen LogP contribution in [-0.4, -0.2) is 47.8 Å². The zero-order chi connectivity index (χ0) is 76.9. The molecule has 0 fully saturated rings. The first kappa shape index (κ1) is 116. The predicted octanol–water partition coefficient (Wildman–Crippen LogP) is 13.9. The average molecular weight is 1470 g/mol. The van der Waals surface area contributed by atoms with E-state index in [1.165, 1.54) is 51.4 Å². The Bertz CT molecular complexity index is 1490. The Kier molecular flexibility index (Phi) is 81.5. The molecule has 0 aliphatic carbocycles. The average Bonchev–Trinajstić information content (AvgIpc) is 2.57. The molecule has 0 unspecified atom stereocenters. The normalized spacial score (nSPS) is 11.3. The first-order valence-electron chi connectivity index (χ1n) is 36.9. The fraction of sp³-hybridized carbons (Fsp3) is 0.900. The quantitative estimate of drug-likeness (QED) is 0.0406. The van der Waals surface area contributed by atoms with E-state index in [9.17, 15) is 79.2 Å². The monoisotopic (exact) mass is 1470 g/mol. The summed E-state index contributed by atoms with van der Waals surface area (Å²) in [6.45, 7) is 52.8. The molecule has 0 spiro atoms. The minimum atomic E-state index is -0.925. The van der Waals surface area contributed by atoms with E-state index in [1.54, 1.807) is 0 Å². The van der Waals surface area contributed by atoms with Gasteiger partial charge in [0.2, 0.25) is 0 Å². The van der Waals surface area contributed by atoms with Crippen LogP contribution >= 0.6 is 0 Å². The van der Waals surface area contributed by atoms with E-state index in [2.05, 4.69) is 166 Å². The molecule has 0 aromatic rings. The second-order valence-electron chi connectivity index (χ2n) is 35.9. The molecule has 0 aromatic carbocycles. The van der Waals surface area contributed by atoms with Gasteiger partial charge in [-0.05, 0) is 197 Å². The van der Waals surface area contributed by atoms with Crippen molar-refractivity contribution in [1.29, 1.82) is 0 Å². The van der Waals surface area contributed by atoms with Crippen molar-refractivity contribution in [3.63, 3.8) is 0 Å². The van der Waals surface area contributed by atoms with E-state index in [0.717, 1.165) is 154 Å². The van der Waals surface area contributed by atoms with Crippen molar-refractivity contribution >= 4 is 47.8 Å². The van der Waals surface area contributed by atoms with Gasteiger partial charge >= 0.3 is 43.4 Å². The summed E-state index contributed by atoms with van der Waals surface area (Å²) in [5.74, 6) is -7.40. The van der Waals surface area contributed by atoms with Crippen molar-refractivity contribution in [3.8, 4) is 0 Å². The topological polar surface area (TPSA) is 321 Å². The Hall–Kier alpha value is -2.81. The molecule has 18 heteroatoms. The summed E-state index contributed by atoms with van der Waals surface area (Å²) in [5.41, 5.74) is 3.01. The summed E-state index contributed by atoms with van der Waals surface area (Å²) in [5, 5.41) is 80.4. The molecule has 0 bridgehead atoms. The standard InChI is InChI=1S/8C10H20O2.2Ti/c8*1-10(2,3)8-6-4-5-7-9(11)12;;/h8*4-8H2,1-3H3,(H,11,12);;/q;;;;;;;;2*+4/p-8. The van der Waals surface area contributed by atoms with Gasteiger partial charge in [0.1, 0.15) is 0 Å².